The number of rotatable bonds is 7. The largest absolute Gasteiger partial charge is 0.398 e. The molecule has 0 radical (unpaired) electrons. The minimum atomic E-state index is -3.56. The predicted molar refractivity (Wildman–Crippen MR) is 81.1 cm³/mol. The second-order valence-electron chi connectivity index (χ2n) is 4.84. The molecule has 0 heterocycles. The Morgan fingerprint density at radius 1 is 1.40 bits per heavy atom. The van der Waals surface area contributed by atoms with Gasteiger partial charge >= 0.3 is 0 Å². The fraction of sp³-hybridized carbons (Fsp3) is 0.571. The molecular formula is C14H24N2O3S. The summed E-state index contributed by atoms with van der Waals surface area (Å²) in [5.74, 6) is 0. The van der Waals surface area contributed by atoms with E-state index in [1.807, 2.05) is 13.8 Å². The first-order valence-electron chi connectivity index (χ1n) is 6.72. The van der Waals surface area contributed by atoms with Crippen LogP contribution in [0.15, 0.2) is 23.1 Å². The number of nitrogens with zero attached hydrogens (tertiary/aromatic N) is 1. The van der Waals surface area contributed by atoms with Crippen LogP contribution in [-0.4, -0.2) is 39.0 Å². The molecule has 0 fully saturated rings. The molecule has 114 valence electrons. The minimum absolute atomic E-state index is 0.0871. The molecule has 0 aliphatic rings. The highest BCUT2D eigenvalue weighted by atomic mass is 32.2. The van der Waals surface area contributed by atoms with Crippen LogP contribution in [0.4, 0.5) is 5.69 Å². The van der Waals surface area contributed by atoms with E-state index in [4.69, 9.17) is 10.5 Å². The molecule has 5 nitrogen and oxygen atoms in total. The zero-order chi connectivity index (χ0) is 15.3. The van der Waals surface area contributed by atoms with Gasteiger partial charge in [0.05, 0.1) is 11.5 Å². The number of ether oxygens (including phenoxy) is 1. The fourth-order valence-corrected chi connectivity index (χ4v) is 3.95. The molecule has 1 unspecified atom stereocenters. The summed E-state index contributed by atoms with van der Waals surface area (Å²) in [6.45, 7) is 6.29. The van der Waals surface area contributed by atoms with Crippen LogP contribution in [0.5, 0.6) is 0 Å². The minimum Gasteiger partial charge on any atom is -0.398 e. The van der Waals surface area contributed by atoms with Crippen LogP contribution in [0.1, 0.15) is 25.8 Å². The predicted octanol–water partition coefficient (Wildman–Crippen LogP) is 2.01. The molecule has 0 aliphatic carbocycles. The summed E-state index contributed by atoms with van der Waals surface area (Å²) in [5, 5.41) is 0. The number of methoxy groups -OCH3 is 1. The molecule has 1 aromatic rings. The molecule has 0 aliphatic heterocycles. The number of nitrogens with two attached hydrogens (primary N) is 1. The molecule has 1 aromatic carbocycles. The lowest BCUT2D eigenvalue weighted by Crippen LogP contribution is -2.40. The maximum Gasteiger partial charge on any atom is 0.243 e. The topological polar surface area (TPSA) is 72.6 Å². The summed E-state index contributed by atoms with van der Waals surface area (Å²) in [6.07, 6.45) is 0.740. The smallest absolute Gasteiger partial charge is 0.243 e. The van der Waals surface area contributed by atoms with Crippen molar-refractivity contribution in [3.8, 4) is 0 Å². The molecule has 1 atom stereocenters. The van der Waals surface area contributed by atoms with Crippen molar-refractivity contribution in [3.63, 3.8) is 0 Å². The first-order valence-corrected chi connectivity index (χ1v) is 8.16. The zero-order valence-corrected chi connectivity index (χ0v) is 13.4. The molecule has 6 heteroatoms. The van der Waals surface area contributed by atoms with Gasteiger partial charge in [0.15, 0.2) is 0 Å². The summed E-state index contributed by atoms with van der Waals surface area (Å²) in [7, 11) is -2.00. The number of hydrogen-bond donors (Lipinski definition) is 1. The van der Waals surface area contributed by atoms with Crippen molar-refractivity contribution in [1.29, 1.82) is 0 Å². The Labute approximate surface area is 121 Å². The Hall–Kier alpha value is -1.11. The van der Waals surface area contributed by atoms with Crippen LogP contribution in [0.2, 0.25) is 0 Å². The van der Waals surface area contributed by atoms with Crippen molar-refractivity contribution < 1.29 is 13.2 Å². The molecule has 0 saturated heterocycles. The summed E-state index contributed by atoms with van der Waals surface area (Å²) in [6, 6.07) is 4.89. The van der Waals surface area contributed by atoms with E-state index in [0.717, 1.165) is 6.42 Å². The van der Waals surface area contributed by atoms with Crippen LogP contribution < -0.4 is 5.73 Å². The first kappa shape index (κ1) is 16.9. The third-order valence-corrected chi connectivity index (χ3v) is 5.67. The molecule has 2 N–H and O–H groups in total. The van der Waals surface area contributed by atoms with Gasteiger partial charge in [0.2, 0.25) is 10.0 Å². The maximum absolute atomic E-state index is 12.8. The number of sulfonamides is 1. The summed E-state index contributed by atoms with van der Waals surface area (Å²) in [4.78, 5) is 0.272. The molecule has 0 amide bonds. The van der Waals surface area contributed by atoms with Crippen LogP contribution >= 0.6 is 0 Å². The van der Waals surface area contributed by atoms with Crippen molar-refractivity contribution >= 4 is 15.7 Å². The molecule has 1 rings (SSSR count). The van der Waals surface area contributed by atoms with Crippen molar-refractivity contribution in [1.82, 2.24) is 4.31 Å². The van der Waals surface area contributed by atoms with Gasteiger partial charge in [0.1, 0.15) is 0 Å². The number of anilines is 1. The zero-order valence-electron chi connectivity index (χ0n) is 12.6. The van der Waals surface area contributed by atoms with E-state index in [-0.39, 0.29) is 10.9 Å². The summed E-state index contributed by atoms with van der Waals surface area (Å²) >= 11 is 0. The Kier molecular flexibility index (Phi) is 5.98. The van der Waals surface area contributed by atoms with E-state index in [9.17, 15) is 8.42 Å². The van der Waals surface area contributed by atoms with Crippen LogP contribution in [0.25, 0.3) is 0 Å². The molecule has 0 aromatic heterocycles. The number of hydrogen-bond acceptors (Lipinski definition) is 4. The van der Waals surface area contributed by atoms with Crippen LogP contribution in [0.3, 0.4) is 0 Å². The average Bonchev–Trinajstić information content (AvgIpc) is 2.41. The quantitative estimate of drug-likeness (QED) is 0.782. The van der Waals surface area contributed by atoms with E-state index in [2.05, 4.69) is 0 Å². The molecule has 0 spiro atoms. The average molecular weight is 300 g/mol. The monoisotopic (exact) mass is 300 g/mol. The maximum atomic E-state index is 12.8. The SMILES string of the molecule is CCC(C)N(CCOC)S(=O)(=O)c1cccc(N)c1C. The normalized spacial score (nSPS) is 13.7. The van der Waals surface area contributed by atoms with Gasteiger partial charge in [0, 0.05) is 25.4 Å². The van der Waals surface area contributed by atoms with Gasteiger partial charge in [0.25, 0.3) is 0 Å². The van der Waals surface area contributed by atoms with E-state index in [1.54, 1.807) is 32.2 Å². The second-order valence-corrected chi connectivity index (χ2v) is 6.70. The van der Waals surface area contributed by atoms with Crippen molar-refractivity contribution in [2.45, 2.75) is 38.1 Å². The van der Waals surface area contributed by atoms with Gasteiger partial charge in [-0.3, -0.25) is 0 Å². The van der Waals surface area contributed by atoms with E-state index < -0.39 is 10.0 Å². The van der Waals surface area contributed by atoms with Gasteiger partial charge in [-0.05, 0) is 38.0 Å². The highest BCUT2D eigenvalue weighted by molar-refractivity contribution is 7.89. The first-order chi connectivity index (χ1) is 9.36. The van der Waals surface area contributed by atoms with Crippen molar-refractivity contribution in [3.05, 3.63) is 23.8 Å². The summed E-state index contributed by atoms with van der Waals surface area (Å²) in [5.41, 5.74) is 6.90. The Bertz CT molecular complexity index is 543. The fourth-order valence-electron chi connectivity index (χ4n) is 2.00. The van der Waals surface area contributed by atoms with E-state index >= 15 is 0 Å². The Balaban J connectivity index is 3.25. The number of benzene rings is 1. The lowest BCUT2D eigenvalue weighted by molar-refractivity contribution is 0.167. The standard InChI is InChI=1S/C14H24N2O3S/c1-5-11(2)16(9-10-19-4)20(17,18)14-8-6-7-13(15)12(14)3/h6-8,11H,5,9-10,15H2,1-4H3. The van der Waals surface area contributed by atoms with Crippen molar-refractivity contribution in [2.75, 3.05) is 26.0 Å². The van der Waals surface area contributed by atoms with E-state index in [0.29, 0.717) is 24.4 Å². The molecule has 0 saturated carbocycles. The lowest BCUT2D eigenvalue weighted by Gasteiger charge is -2.28. The van der Waals surface area contributed by atoms with Crippen LogP contribution in [-0.2, 0) is 14.8 Å². The third kappa shape index (κ3) is 3.50. The Morgan fingerprint density at radius 2 is 2.05 bits per heavy atom. The highest BCUT2D eigenvalue weighted by Gasteiger charge is 2.29. The van der Waals surface area contributed by atoms with Gasteiger partial charge in [-0.15, -0.1) is 0 Å². The molecule has 0 bridgehead atoms. The van der Waals surface area contributed by atoms with E-state index in [1.165, 1.54) is 4.31 Å². The van der Waals surface area contributed by atoms with Crippen LogP contribution in [0, 0.1) is 6.92 Å². The number of nitrogen functional groups attached to an aromatic ring is 1. The lowest BCUT2D eigenvalue weighted by atomic mass is 10.2. The van der Waals surface area contributed by atoms with Gasteiger partial charge in [-0.2, -0.15) is 4.31 Å². The third-order valence-electron chi connectivity index (χ3n) is 3.51. The molecule has 20 heavy (non-hydrogen) atoms. The highest BCUT2D eigenvalue weighted by Crippen LogP contribution is 2.25. The molecular weight excluding hydrogens is 276 g/mol. The van der Waals surface area contributed by atoms with Gasteiger partial charge in [-0.25, -0.2) is 8.42 Å². The Morgan fingerprint density at radius 3 is 2.60 bits per heavy atom. The van der Waals surface area contributed by atoms with Crippen molar-refractivity contribution in [2.24, 2.45) is 0 Å². The second kappa shape index (κ2) is 7.06. The van der Waals surface area contributed by atoms with Gasteiger partial charge in [-0.1, -0.05) is 13.0 Å². The summed E-state index contributed by atoms with van der Waals surface area (Å²) < 4.78 is 32.2. The van der Waals surface area contributed by atoms with Gasteiger partial charge < -0.3 is 10.5 Å².